The van der Waals surface area contributed by atoms with Crippen molar-refractivity contribution in [1.29, 1.82) is 0 Å². The molecule has 0 spiro atoms. The molecule has 3 rings (SSSR count). The summed E-state index contributed by atoms with van der Waals surface area (Å²) in [7, 11) is 0. The summed E-state index contributed by atoms with van der Waals surface area (Å²) in [5, 5.41) is 5.39. The Morgan fingerprint density at radius 2 is 2.04 bits per heavy atom. The van der Waals surface area contributed by atoms with Gasteiger partial charge in [-0.05, 0) is 60.4 Å². The SMILES string of the molecule is CC(C)(C)C1CCC(C(=O)NCCN2CCc3sccc3C2)CC1. The smallest absolute Gasteiger partial charge is 0.223 e. The second-order valence-electron chi connectivity index (χ2n) is 8.60. The van der Waals surface area contributed by atoms with E-state index in [2.05, 4.69) is 42.4 Å². The fourth-order valence-electron chi connectivity index (χ4n) is 4.20. The van der Waals surface area contributed by atoms with Gasteiger partial charge in [-0.3, -0.25) is 9.69 Å². The van der Waals surface area contributed by atoms with E-state index < -0.39 is 0 Å². The van der Waals surface area contributed by atoms with Gasteiger partial charge in [-0.1, -0.05) is 20.8 Å². The summed E-state index contributed by atoms with van der Waals surface area (Å²) in [4.78, 5) is 16.4. The highest BCUT2D eigenvalue weighted by molar-refractivity contribution is 7.10. The van der Waals surface area contributed by atoms with Crippen molar-refractivity contribution >= 4 is 17.2 Å². The molecule has 0 radical (unpaired) electrons. The van der Waals surface area contributed by atoms with Crippen LogP contribution in [0.4, 0.5) is 0 Å². The van der Waals surface area contributed by atoms with E-state index in [9.17, 15) is 4.79 Å². The molecule has 1 aliphatic heterocycles. The first kappa shape index (κ1) is 17.9. The molecule has 1 aromatic heterocycles. The van der Waals surface area contributed by atoms with E-state index in [-0.39, 0.29) is 11.8 Å². The third-order valence-corrected chi connectivity index (χ3v) is 6.96. The van der Waals surface area contributed by atoms with Crippen LogP contribution in [0.15, 0.2) is 11.4 Å². The van der Waals surface area contributed by atoms with Crippen LogP contribution in [-0.2, 0) is 17.8 Å². The van der Waals surface area contributed by atoms with Crippen LogP contribution in [0.3, 0.4) is 0 Å². The second-order valence-corrected chi connectivity index (χ2v) is 9.60. The van der Waals surface area contributed by atoms with Crippen molar-refractivity contribution in [1.82, 2.24) is 10.2 Å². The largest absolute Gasteiger partial charge is 0.355 e. The summed E-state index contributed by atoms with van der Waals surface area (Å²) in [5.41, 5.74) is 1.87. The molecule has 0 unspecified atom stereocenters. The molecule has 1 amide bonds. The second kappa shape index (κ2) is 7.57. The van der Waals surface area contributed by atoms with Crippen LogP contribution in [0, 0.1) is 17.3 Å². The van der Waals surface area contributed by atoms with Gasteiger partial charge >= 0.3 is 0 Å². The van der Waals surface area contributed by atoms with Gasteiger partial charge in [0.2, 0.25) is 5.91 Å². The van der Waals surface area contributed by atoms with Crippen LogP contribution in [0.25, 0.3) is 0 Å². The highest BCUT2D eigenvalue weighted by atomic mass is 32.1. The summed E-state index contributed by atoms with van der Waals surface area (Å²) in [6.45, 7) is 10.9. The highest BCUT2D eigenvalue weighted by Gasteiger charge is 2.32. The summed E-state index contributed by atoms with van der Waals surface area (Å²) in [6.07, 6.45) is 5.70. The number of thiophene rings is 1. The first-order valence-electron chi connectivity index (χ1n) is 9.49. The van der Waals surface area contributed by atoms with Crippen LogP contribution >= 0.6 is 11.3 Å². The Morgan fingerprint density at radius 3 is 2.75 bits per heavy atom. The van der Waals surface area contributed by atoms with Crippen molar-refractivity contribution < 1.29 is 4.79 Å². The predicted octanol–water partition coefficient (Wildman–Crippen LogP) is 4.07. The molecule has 0 atom stereocenters. The van der Waals surface area contributed by atoms with Crippen LogP contribution in [-0.4, -0.2) is 30.4 Å². The number of fused-ring (bicyclic) bond motifs is 1. The molecule has 24 heavy (non-hydrogen) atoms. The van der Waals surface area contributed by atoms with E-state index in [1.807, 2.05) is 11.3 Å². The van der Waals surface area contributed by atoms with Gasteiger partial charge in [0.15, 0.2) is 0 Å². The Hall–Kier alpha value is -0.870. The van der Waals surface area contributed by atoms with Gasteiger partial charge < -0.3 is 5.32 Å². The van der Waals surface area contributed by atoms with E-state index in [0.29, 0.717) is 5.41 Å². The summed E-state index contributed by atoms with van der Waals surface area (Å²) < 4.78 is 0. The Balaban J connectivity index is 1.36. The molecular weight excluding hydrogens is 316 g/mol. The first-order chi connectivity index (χ1) is 11.4. The van der Waals surface area contributed by atoms with Gasteiger partial charge in [-0.2, -0.15) is 0 Å². The van der Waals surface area contributed by atoms with E-state index in [0.717, 1.165) is 51.4 Å². The zero-order chi connectivity index (χ0) is 17.2. The highest BCUT2D eigenvalue weighted by Crippen LogP contribution is 2.39. The van der Waals surface area contributed by atoms with E-state index in [1.165, 1.54) is 18.4 Å². The maximum absolute atomic E-state index is 12.4. The minimum Gasteiger partial charge on any atom is -0.355 e. The normalized spacial score (nSPS) is 25.3. The number of hydrogen-bond donors (Lipinski definition) is 1. The number of carbonyl (C=O) groups is 1. The molecule has 134 valence electrons. The number of carbonyl (C=O) groups excluding carboxylic acids is 1. The molecule has 1 aliphatic carbocycles. The minimum atomic E-state index is 0.244. The van der Waals surface area contributed by atoms with Crippen LogP contribution in [0.1, 0.15) is 56.9 Å². The predicted molar refractivity (Wildman–Crippen MR) is 101 cm³/mol. The topological polar surface area (TPSA) is 32.3 Å². The van der Waals surface area contributed by atoms with Gasteiger partial charge in [0.25, 0.3) is 0 Å². The number of nitrogens with zero attached hydrogens (tertiary/aromatic N) is 1. The Kier molecular flexibility index (Phi) is 5.66. The summed E-state index contributed by atoms with van der Waals surface area (Å²) in [5.74, 6) is 1.30. The number of hydrogen-bond acceptors (Lipinski definition) is 3. The first-order valence-corrected chi connectivity index (χ1v) is 10.4. The van der Waals surface area contributed by atoms with Crippen molar-refractivity contribution in [3.63, 3.8) is 0 Å². The van der Waals surface area contributed by atoms with Gasteiger partial charge in [0.1, 0.15) is 0 Å². The summed E-state index contributed by atoms with van der Waals surface area (Å²) in [6, 6.07) is 2.25. The Morgan fingerprint density at radius 1 is 1.29 bits per heavy atom. The lowest BCUT2D eigenvalue weighted by molar-refractivity contribution is -0.126. The van der Waals surface area contributed by atoms with Gasteiger partial charge in [0, 0.05) is 37.0 Å². The molecule has 1 N–H and O–H groups in total. The third-order valence-electron chi connectivity index (χ3n) is 5.94. The van der Waals surface area contributed by atoms with Crippen molar-refractivity contribution in [3.8, 4) is 0 Å². The number of amides is 1. The van der Waals surface area contributed by atoms with Crippen LogP contribution in [0.5, 0.6) is 0 Å². The van der Waals surface area contributed by atoms with E-state index >= 15 is 0 Å². The molecule has 2 aliphatic rings. The maximum Gasteiger partial charge on any atom is 0.223 e. The molecule has 1 fully saturated rings. The number of nitrogens with one attached hydrogen (secondary N) is 1. The lowest BCUT2D eigenvalue weighted by atomic mass is 9.70. The van der Waals surface area contributed by atoms with E-state index in [4.69, 9.17) is 0 Å². The quantitative estimate of drug-likeness (QED) is 0.889. The average Bonchev–Trinajstić information content (AvgIpc) is 3.02. The molecule has 2 heterocycles. The Labute approximate surface area is 150 Å². The van der Waals surface area contributed by atoms with Crippen LogP contribution in [0.2, 0.25) is 0 Å². The van der Waals surface area contributed by atoms with Crippen molar-refractivity contribution in [3.05, 3.63) is 21.9 Å². The van der Waals surface area contributed by atoms with Crippen LogP contribution < -0.4 is 5.32 Å². The summed E-state index contributed by atoms with van der Waals surface area (Å²) >= 11 is 1.88. The standard InChI is InChI=1S/C20H32N2OS/c1-20(2,3)17-6-4-15(5-7-17)19(23)21-10-12-22-11-8-18-16(14-22)9-13-24-18/h9,13,15,17H,4-8,10-12,14H2,1-3H3,(H,21,23). The number of rotatable bonds is 4. The van der Waals surface area contributed by atoms with Gasteiger partial charge in [-0.25, -0.2) is 0 Å². The molecule has 0 bridgehead atoms. The molecule has 0 saturated heterocycles. The minimum absolute atomic E-state index is 0.244. The zero-order valence-electron chi connectivity index (χ0n) is 15.4. The third kappa shape index (κ3) is 4.40. The van der Waals surface area contributed by atoms with Crippen molar-refractivity contribution in [2.24, 2.45) is 17.3 Å². The molecule has 0 aromatic carbocycles. The van der Waals surface area contributed by atoms with Gasteiger partial charge in [-0.15, -0.1) is 11.3 Å². The average molecular weight is 349 g/mol. The maximum atomic E-state index is 12.4. The molecule has 4 heteroatoms. The fourth-order valence-corrected chi connectivity index (χ4v) is 5.09. The van der Waals surface area contributed by atoms with Crippen molar-refractivity contribution in [2.45, 2.75) is 59.4 Å². The Bertz CT molecular complexity index is 552. The van der Waals surface area contributed by atoms with Crippen molar-refractivity contribution in [2.75, 3.05) is 19.6 Å². The molecule has 1 aromatic rings. The lowest BCUT2D eigenvalue weighted by Crippen LogP contribution is -2.40. The fraction of sp³-hybridized carbons (Fsp3) is 0.750. The zero-order valence-corrected chi connectivity index (χ0v) is 16.3. The lowest BCUT2D eigenvalue weighted by Gasteiger charge is -2.36. The monoisotopic (exact) mass is 348 g/mol. The molecule has 3 nitrogen and oxygen atoms in total. The van der Waals surface area contributed by atoms with E-state index in [1.54, 1.807) is 4.88 Å². The molecular formula is C20H32N2OS. The van der Waals surface area contributed by atoms with Gasteiger partial charge in [0.05, 0.1) is 0 Å². The molecule has 1 saturated carbocycles.